The van der Waals surface area contributed by atoms with E-state index < -0.39 is 0 Å². The molecule has 0 amide bonds. The van der Waals surface area contributed by atoms with Crippen LogP contribution in [-0.2, 0) is 0 Å². The number of aliphatic hydroxyl groups excluding tert-OH is 1. The van der Waals surface area contributed by atoms with Crippen LogP contribution in [0.1, 0.15) is 25.7 Å². The quantitative estimate of drug-likeness (QED) is 0.910. The van der Waals surface area contributed by atoms with Gasteiger partial charge in [0.1, 0.15) is 0 Å². The lowest BCUT2D eigenvalue weighted by Gasteiger charge is -2.27. The Kier molecular flexibility index (Phi) is 3.70. The summed E-state index contributed by atoms with van der Waals surface area (Å²) in [7, 11) is 0. The van der Waals surface area contributed by atoms with Gasteiger partial charge in [-0.1, -0.05) is 12.8 Å². The molecular weight excluding hydrogens is 308 g/mol. The van der Waals surface area contributed by atoms with E-state index in [9.17, 15) is 5.11 Å². The van der Waals surface area contributed by atoms with Gasteiger partial charge in [0.15, 0.2) is 5.65 Å². The molecule has 0 saturated heterocycles. The maximum atomic E-state index is 9.94. The topological polar surface area (TPSA) is 62.5 Å². The van der Waals surface area contributed by atoms with Gasteiger partial charge in [0.2, 0.25) is 5.95 Å². The van der Waals surface area contributed by atoms with E-state index in [1.54, 1.807) is 4.52 Å². The first-order valence-corrected chi connectivity index (χ1v) is 7.46. The van der Waals surface area contributed by atoms with Gasteiger partial charge in [0.05, 0.1) is 10.6 Å². The summed E-state index contributed by atoms with van der Waals surface area (Å²) >= 11 is 3.46. The van der Waals surface area contributed by atoms with Crippen molar-refractivity contribution in [2.75, 3.05) is 11.9 Å². The molecule has 2 unspecified atom stereocenters. The number of fused-ring (bicyclic) bond motifs is 1. The molecule has 2 heterocycles. The summed E-state index contributed by atoms with van der Waals surface area (Å²) < 4.78 is 2.66. The summed E-state index contributed by atoms with van der Waals surface area (Å²) in [6, 6.07) is 3.86. The van der Waals surface area contributed by atoms with Crippen molar-refractivity contribution in [2.45, 2.75) is 31.8 Å². The second kappa shape index (κ2) is 5.46. The largest absolute Gasteiger partial charge is 0.393 e. The van der Waals surface area contributed by atoms with Gasteiger partial charge in [0.25, 0.3) is 0 Å². The number of rotatable bonds is 3. The molecule has 6 heteroatoms. The van der Waals surface area contributed by atoms with Crippen LogP contribution in [0.25, 0.3) is 5.65 Å². The number of hydrogen-bond donors (Lipinski definition) is 2. The van der Waals surface area contributed by atoms with Crippen molar-refractivity contribution in [1.82, 2.24) is 14.6 Å². The maximum absolute atomic E-state index is 9.94. The molecule has 2 atom stereocenters. The summed E-state index contributed by atoms with van der Waals surface area (Å²) in [5.41, 5.74) is 0.800. The third-order valence-electron chi connectivity index (χ3n) is 3.71. The average Bonchev–Trinajstić information content (AvgIpc) is 2.82. The third kappa shape index (κ3) is 2.74. The monoisotopic (exact) mass is 324 g/mol. The van der Waals surface area contributed by atoms with Gasteiger partial charge < -0.3 is 10.4 Å². The van der Waals surface area contributed by atoms with E-state index in [2.05, 4.69) is 31.3 Å². The fourth-order valence-corrected chi connectivity index (χ4v) is 3.02. The lowest BCUT2D eigenvalue weighted by molar-refractivity contribution is 0.0762. The number of hydrogen-bond acceptors (Lipinski definition) is 4. The van der Waals surface area contributed by atoms with E-state index in [-0.39, 0.29) is 6.10 Å². The lowest BCUT2D eigenvalue weighted by atomic mass is 9.86. The van der Waals surface area contributed by atoms with Crippen LogP contribution in [0.4, 0.5) is 5.95 Å². The number of aromatic nitrogens is 3. The first-order chi connectivity index (χ1) is 9.24. The van der Waals surface area contributed by atoms with Crippen LogP contribution in [0.3, 0.4) is 0 Å². The normalized spacial score (nSPS) is 23.7. The minimum atomic E-state index is -0.190. The number of anilines is 1. The molecule has 3 rings (SSSR count). The minimum absolute atomic E-state index is 0.190. The van der Waals surface area contributed by atoms with Crippen molar-refractivity contribution in [3.05, 3.63) is 22.8 Å². The summed E-state index contributed by atoms with van der Waals surface area (Å²) in [6.45, 7) is 0.732. The summed E-state index contributed by atoms with van der Waals surface area (Å²) in [5, 5.41) is 17.5. The molecule has 19 heavy (non-hydrogen) atoms. The summed E-state index contributed by atoms with van der Waals surface area (Å²) in [5.74, 6) is 0.925. The van der Waals surface area contributed by atoms with E-state index in [0.717, 1.165) is 35.9 Å². The smallest absolute Gasteiger partial charge is 0.243 e. The highest BCUT2D eigenvalue weighted by molar-refractivity contribution is 9.10. The van der Waals surface area contributed by atoms with E-state index in [1.807, 2.05) is 18.3 Å². The predicted molar refractivity (Wildman–Crippen MR) is 77.1 cm³/mol. The Bertz CT molecular complexity index is 571. The number of halogens is 1. The van der Waals surface area contributed by atoms with E-state index in [0.29, 0.717) is 11.9 Å². The number of nitrogens with zero attached hydrogens (tertiary/aromatic N) is 3. The van der Waals surface area contributed by atoms with E-state index in [1.165, 1.54) is 6.42 Å². The van der Waals surface area contributed by atoms with Crippen LogP contribution >= 0.6 is 15.9 Å². The molecule has 102 valence electrons. The first kappa shape index (κ1) is 12.9. The fourth-order valence-electron chi connectivity index (χ4n) is 2.60. The van der Waals surface area contributed by atoms with Crippen LogP contribution in [0.15, 0.2) is 22.8 Å². The molecule has 0 aliphatic heterocycles. The molecule has 2 aromatic heterocycles. The molecule has 1 aliphatic carbocycles. The average molecular weight is 325 g/mol. The van der Waals surface area contributed by atoms with Crippen LogP contribution < -0.4 is 5.32 Å². The van der Waals surface area contributed by atoms with Crippen LogP contribution in [0.5, 0.6) is 0 Å². The van der Waals surface area contributed by atoms with Gasteiger partial charge in [0, 0.05) is 18.7 Å². The Labute approximate surface area is 120 Å². The number of aliphatic hydroxyl groups is 1. The second-order valence-corrected chi connectivity index (χ2v) is 5.91. The molecule has 2 aromatic rings. The molecular formula is C13H17BrN4O. The van der Waals surface area contributed by atoms with Crippen molar-refractivity contribution >= 4 is 27.5 Å². The highest BCUT2D eigenvalue weighted by atomic mass is 79.9. The summed E-state index contributed by atoms with van der Waals surface area (Å²) in [4.78, 5) is 4.43. The van der Waals surface area contributed by atoms with Crippen LogP contribution in [0, 0.1) is 5.92 Å². The molecule has 0 bridgehead atoms. The second-order valence-electron chi connectivity index (χ2n) is 5.05. The molecule has 0 radical (unpaired) electrons. The van der Waals surface area contributed by atoms with Gasteiger partial charge in [-0.25, -0.2) is 4.52 Å². The van der Waals surface area contributed by atoms with Crippen molar-refractivity contribution in [1.29, 1.82) is 0 Å². The Balaban J connectivity index is 1.69. The molecule has 1 fully saturated rings. The fraction of sp³-hybridized carbons (Fsp3) is 0.538. The summed E-state index contributed by atoms with van der Waals surface area (Å²) in [6.07, 6.45) is 6.00. The van der Waals surface area contributed by atoms with Gasteiger partial charge >= 0.3 is 0 Å². The van der Waals surface area contributed by atoms with E-state index in [4.69, 9.17) is 0 Å². The minimum Gasteiger partial charge on any atom is -0.393 e. The Morgan fingerprint density at radius 2 is 2.26 bits per heavy atom. The van der Waals surface area contributed by atoms with Crippen LogP contribution in [0.2, 0.25) is 0 Å². The zero-order valence-corrected chi connectivity index (χ0v) is 12.2. The van der Waals surface area contributed by atoms with Gasteiger partial charge in [-0.15, -0.1) is 5.10 Å². The van der Waals surface area contributed by atoms with Gasteiger partial charge in [-0.2, -0.15) is 4.98 Å². The molecule has 2 N–H and O–H groups in total. The first-order valence-electron chi connectivity index (χ1n) is 6.67. The molecule has 1 saturated carbocycles. The molecule has 1 aliphatic rings. The highest BCUT2D eigenvalue weighted by Gasteiger charge is 2.23. The highest BCUT2D eigenvalue weighted by Crippen LogP contribution is 2.24. The molecule has 0 aromatic carbocycles. The Morgan fingerprint density at radius 3 is 3.05 bits per heavy atom. The van der Waals surface area contributed by atoms with Crippen molar-refractivity contribution in [3.63, 3.8) is 0 Å². The lowest BCUT2D eigenvalue weighted by Crippen LogP contribution is -2.30. The predicted octanol–water partition coefficient (Wildman–Crippen LogP) is 2.45. The van der Waals surface area contributed by atoms with Gasteiger partial charge in [-0.3, -0.25) is 0 Å². The molecule has 5 nitrogen and oxygen atoms in total. The SMILES string of the molecule is OC1CCCCC1CNc1nc2c(Br)cccn2n1. The van der Waals surface area contributed by atoms with Crippen molar-refractivity contribution < 1.29 is 5.11 Å². The zero-order chi connectivity index (χ0) is 13.2. The van der Waals surface area contributed by atoms with E-state index >= 15 is 0 Å². The van der Waals surface area contributed by atoms with Crippen molar-refractivity contribution in [3.8, 4) is 0 Å². The molecule has 0 spiro atoms. The number of nitrogens with one attached hydrogen (secondary N) is 1. The Morgan fingerprint density at radius 1 is 1.42 bits per heavy atom. The van der Waals surface area contributed by atoms with Gasteiger partial charge in [-0.05, 0) is 40.9 Å². The number of pyridine rings is 1. The zero-order valence-electron chi connectivity index (χ0n) is 10.6. The maximum Gasteiger partial charge on any atom is 0.243 e. The van der Waals surface area contributed by atoms with Crippen LogP contribution in [-0.4, -0.2) is 32.4 Å². The Hall–Kier alpha value is -1.14. The standard InChI is InChI=1S/C13H17BrN4O/c14-10-5-3-7-18-12(10)16-13(17-18)15-8-9-4-1-2-6-11(9)19/h3,5,7,9,11,19H,1-2,4,6,8H2,(H,15,17). The van der Waals surface area contributed by atoms with Crippen molar-refractivity contribution in [2.24, 2.45) is 5.92 Å². The third-order valence-corrected chi connectivity index (χ3v) is 4.32.